The Bertz CT molecular complexity index is 579. The molecule has 0 saturated carbocycles. The van der Waals surface area contributed by atoms with Gasteiger partial charge < -0.3 is 5.73 Å². The van der Waals surface area contributed by atoms with Crippen molar-refractivity contribution in [1.82, 2.24) is 14.3 Å². The van der Waals surface area contributed by atoms with Crippen molar-refractivity contribution >= 4 is 29.1 Å². The fourth-order valence-corrected chi connectivity index (χ4v) is 3.24. The lowest BCUT2D eigenvalue weighted by Crippen LogP contribution is -2.14. The maximum atomic E-state index is 7.62. The van der Waals surface area contributed by atoms with E-state index in [0.717, 1.165) is 22.1 Å². The first-order valence-electron chi connectivity index (χ1n) is 5.42. The van der Waals surface area contributed by atoms with Gasteiger partial charge in [0.15, 0.2) is 4.34 Å². The molecule has 0 atom stereocenters. The van der Waals surface area contributed by atoms with Crippen molar-refractivity contribution in [2.45, 2.75) is 29.6 Å². The summed E-state index contributed by atoms with van der Waals surface area (Å²) < 4.78 is 5.05. The van der Waals surface area contributed by atoms with Gasteiger partial charge in [-0.3, -0.25) is 5.41 Å². The molecule has 94 valence electrons. The van der Waals surface area contributed by atoms with Crippen LogP contribution in [-0.2, 0) is 6.42 Å². The summed E-state index contributed by atoms with van der Waals surface area (Å²) in [6, 6.07) is 1.85. The number of pyridine rings is 1. The summed E-state index contributed by atoms with van der Waals surface area (Å²) in [5.74, 6) is 0.864. The van der Waals surface area contributed by atoms with Crippen LogP contribution in [0, 0.1) is 12.3 Å². The number of aromatic nitrogens is 3. The SMILES string of the molecule is CCc1nsc(Sc2nccc(C)c2C(=N)N)n1. The van der Waals surface area contributed by atoms with Crippen LogP contribution >= 0.6 is 23.3 Å². The molecule has 3 N–H and O–H groups in total. The molecule has 0 fully saturated rings. The number of hydrogen-bond donors (Lipinski definition) is 2. The van der Waals surface area contributed by atoms with Crippen LogP contribution in [0.1, 0.15) is 23.9 Å². The lowest BCUT2D eigenvalue weighted by Gasteiger charge is -2.07. The minimum atomic E-state index is 0.0309. The molecule has 0 saturated heterocycles. The molecule has 0 aromatic carbocycles. The predicted molar refractivity (Wildman–Crippen MR) is 73.4 cm³/mol. The summed E-state index contributed by atoms with van der Waals surface area (Å²) >= 11 is 2.75. The maximum absolute atomic E-state index is 7.62. The van der Waals surface area contributed by atoms with E-state index in [1.807, 2.05) is 19.9 Å². The number of nitrogen functional groups attached to an aromatic ring is 1. The third-order valence-corrected chi connectivity index (χ3v) is 4.14. The van der Waals surface area contributed by atoms with Gasteiger partial charge in [-0.2, -0.15) is 4.37 Å². The number of nitrogens with one attached hydrogen (secondary N) is 1. The third kappa shape index (κ3) is 2.68. The molecule has 2 aromatic rings. The van der Waals surface area contributed by atoms with E-state index in [9.17, 15) is 0 Å². The van der Waals surface area contributed by atoms with Crippen molar-refractivity contribution in [2.75, 3.05) is 0 Å². The van der Waals surface area contributed by atoms with E-state index in [2.05, 4.69) is 14.3 Å². The molecule has 2 heterocycles. The van der Waals surface area contributed by atoms with Gasteiger partial charge in [0.25, 0.3) is 0 Å². The van der Waals surface area contributed by atoms with Crippen LogP contribution in [0.4, 0.5) is 0 Å². The highest BCUT2D eigenvalue weighted by atomic mass is 32.2. The zero-order chi connectivity index (χ0) is 13.1. The number of aryl methyl sites for hydroxylation is 2. The number of nitrogens with two attached hydrogens (primary N) is 1. The topological polar surface area (TPSA) is 88.5 Å². The summed E-state index contributed by atoms with van der Waals surface area (Å²) in [6.45, 7) is 3.93. The largest absolute Gasteiger partial charge is 0.384 e. The van der Waals surface area contributed by atoms with Gasteiger partial charge in [-0.1, -0.05) is 6.92 Å². The minimum absolute atomic E-state index is 0.0309. The molecule has 7 heteroatoms. The first-order valence-corrected chi connectivity index (χ1v) is 7.01. The van der Waals surface area contributed by atoms with Gasteiger partial charge >= 0.3 is 0 Å². The second kappa shape index (κ2) is 5.45. The molecular weight excluding hydrogens is 266 g/mol. The van der Waals surface area contributed by atoms with Crippen LogP contribution in [0.5, 0.6) is 0 Å². The summed E-state index contributed by atoms with van der Waals surface area (Å²) in [4.78, 5) is 8.65. The van der Waals surface area contributed by atoms with Gasteiger partial charge in [0.1, 0.15) is 16.7 Å². The van der Waals surface area contributed by atoms with Gasteiger partial charge in [0, 0.05) is 12.6 Å². The molecule has 18 heavy (non-hydrogen) atoms. The molecule has 0 radical (unpaired) electrons. The highest BCUT2D eigenvalue weighted by Crippen LogP contribution is 2.30. The molecule has 2 rings (SSSR count). The Morgan fingerprint density at radius 1 is 1.56 bits per heavy atom. The second-order valence-corrected chi connectivity index (χ2v) is 5.64. The second-order valence-electron chi connectivity index (χ2n) is 3.65. The molecule has 0 aliphatic rings. The summed E-state index contributed by atoms with van der Waals surface area (Å²) in [6.07, 6.45) is 2.53. The lowest BCUT2D eigenvalue weighted by atomic mass is 10.1. The van der Waals surface area contributed by atoms with E-state index < -0.39 is 0 Å². The third-order valence-electron chi connectivity index (χ3n) is 2.34. The van der Waals surface area contributed by atoms with Crippen molar-refractivity contribution in [2.24, 2.45) is 5.73 Å². The number of rotatable bonds is 4. The van der Waals surface area contributed by atoms with Crippen LogP contribution in [0.3, 0.4) is 0 Å². The highest BCUT2D eigenvalue weighted by Gasteiger charge is 2.13. The zero-order valence-electron chi connectivity index (χ0n) is 10.1. The minimum Gasteiger partial charge on any atom is -0.384 e. The van der Waals surface area contributed by atoms with Crippen molar-refractivity contribution < 1.29 is 0 Å². The van der Waals surface area contributed by atoms with Crippen LogP contribution in [0.25, 0.3) is 0 Å². The fraction of sp³-hybridized carbons (Fsp3) is 0.273. The standard InChI is InChI=1S/C11H13N5S2/c1-3-7-15-11(18-16-7)17-10-8(9(12)13)6(2)4-5-14-10/h4-5H,3H2,1-2H3,(H3,12,13). The Balaban J connectivity index is 2.34. The highest BCUT2D eigenvalue weighted by molar-refractivity contribution is 8.01. The van der Waals surface area contributed by atoms with Gasteiger partial charge in [-0.15, -0.1) is 0 Å². The smallest absolute Gasteiger partial charge is 0.176 e. The van der Waals surface area contributed by atoms with Gasteiger partial charge in [0.2, 0.25) is 0 Å². The van der Waals surface area contributed by atoms with Crippen LogP contribution in [-0.4, -0.2) is 20.2 Å². The van der Waals surface area contributed by atoms with Crippen LogP contribution in [0.2, 0.25) is 0 Å². The Morgan fingerprint density at radius 3 is 2.94 bits per heavy atom. The van der Waals surface area contributed by atoms with Crippen molar-refractivity contribution in [3.05, 3.63) is 29.2 Å². The Labute approximate surface area is 114 Å². The maximum Gasteiger partial charge on any atom is 0.176 e. The molecule has 0 bridgehead atoms. The monoisotopic (exact) mass is 279 g/mol. The van der Waals surface area contributed by atoms with E-state index in [1.165, 1.54) is 23.3 Å². The average Bonchev–Trinajstić information content (AvgIpc) is 2.76. The predicted octanol–water partition coefficient (Wildman–Crippen LogP) is 2.24. The molecular formula is C11H13N5S2. The normalized spacial score (nSPS) is 10.6. The molecule has 0 amide bonds. The van der Waals surface area contributed by atoms with E-state index in [-0.39, 0.29) is 5.84 Å². The molecule has 0 spiro atoms. The Morgan fingerprint density at radius 2 is 2.33 bits per heavy atom. The number of hydrogen-bond acceptors (Lipinski definition) is 6. The van der Waals surface area contributed by atoms with Gasteiger partial charge in [0.05, 0.1) is 5.56 Å². The van der Waals surface area contributed by atoms with Crippen LogP contribution in [0.15, 0.2) is 21.6 Å². The fourth-order valence-electron chi connectivity index (χ4n) is 1.44. The zero-order valence-corrected chi connectivity index (χ0v) is 11.7. The average molecular weight is 279 g/mol. The van der Waals surface area contributed by atoms with E-state index in [0.29, 0.717) is 10.6 Å². The quantitative estimate of drug-likeness (QED) is 0.662. The molecule has 5 nitrogen and oxygen atoms in total. The van der Waals surface area contributed by atoms with Crippen LogP contribution < -0.4 is 5.73 Å². The van der Waals surface area contributed by atoms with E-state index in [4.69, 9.17) is 11.1 Å². The van der Waals surface area contributed by atoms with E-state index in [1.54, 1.807) is 6.20 Å². The first kappa shape index (κ1) is 13.0. The van der Waals surface area contributed by atoms with Crippen molar-refractivity contribution in [3.8, 4) is 0 Å². The van der Waals surface area contributed by atoms with Gasteiger partial charge in [-0.25, -0.2) is 9.97 Å². The summed E-state index contributed by atoms with van der Waals surface area (Å²) in [5.41, 5.74) is 7.22. The first-order chi connectivity index (χ1) is 8.61. The summed E-state index contributed by atoms with van der Waals surface area (Å²) in [5, 5.41) is 8.33. The molecule has 0 unspecified atom stereocenters. The van der Waals surface area contributed by atoms with Gasteiger partial charge in [-0.05, 0) is 41.8 Å². The molecule has 2 aromatic heterocycles. The Hall–Kier alpha value is -1.47. The lowest BCUT2D eigenvalue weighted by molar-refractivity contribution is 0.969. The van der Waals surface area contributed by atoms with Crippen molar-refractivity contribution in [1.29, 1.82) is 5.41 Å². The summed E-state index contributed by atoms with van der Waals surface area (Å²) in [7, 11) is 0. The number of nitrogens with zero attached hydrogens (tertiary/aromatic N) is 3. The molecule has 0 aliphatic heterocycles. The van der Waals surface area contributed by atoms with Crippen molar-refractivity contribution in [3.63, 3.8) is 0 Å². The number of amidine groups is 1. The van der Waals surface area contributed by atoms with E-state index >= 15 is 0 Å². The Kier molecular flexibility index (Phi) is 3.93. The molecule has 0 aliphatic carbocycles.